The maximum atomic E-state index is 12.6. The van der Waals surface area contributed by atoms with Crippen LogP contribution in [0.2, 0.25) is 0 Å². The van der Waals surface area contributed by atoms with Gasteiger partial charge in [0.15, 0.2) is 5.16 Å². The zero-order valence-corrected chi connectivity index (χ0v) is 17.8. The van der Waals surface area contributed by atoms with Crippen LogP contribution >= 0.6 is 11.8 Å². The third-order valence-corrected chi connectivity index (χ3v) is 6.30. The number of amides is 1. The fraction of sp³-hybridized carbons (Fsp3) is 0.526. The summed E-state index contributed by atoms with van der Waals surface area (Å²) in [6, 6.07) is 3.47. The van der Waals surface area contributed by atoms with Crippen LogP contribution in [0.3, 0.4) is 0 Å². The fourth-order valence-electron chi connectivity index (χ4n) is 3.42. The molecule has 1 amide bonds. The quantitative estimate of drug-likeness (QED) is 0.403. The summed E-state index contributed by atoms with van der Waals surface area (Å²) in [5, 5.41) is 23.4. The number of thioether (sulfide) groups is 1. The van der Waals surface area contributed by atoms with E-state index in [4.69, 9.17) is 4.74 Å². The second kappa shape index (κ2) is 8.60. The van der Waals surface area contributed by atoms with E-state index in [-0.39, 0.29) is 23.0 Å². The van der Waals surface area contributed by atoms with Crippen molar-refractivity contribution in [3.8, 4) is 0 Å². The van der Waals surface area contributed by atoms with Gasteiger partial charge in [-0.05, 0) is 37.8 Å². The second-order valence-electron chi connectivity index (χ2n) is 7.48. The first kappa shape index (κ1) is 20.6. The van der Waals surface area contributed by atoms with E-state index in [0.717, 1.165) is 37.4 Å². The number of aryl methyl sites for hydroxylation is 1. The van der Waals surface area contributed by atoms with Crippen LogP contribution in [0.5, 0.6) is 0 Å². The highest BCUT2D eigenvalue weighted by molar-refractivity contribution is 7.99. The first-order valence-corrected chi connectivity index (χ1v) is 10.9. The Morgan fingerprint density at radius 1 is 1.30 bits per heavy atom. The topological polar surface area (TPSA) is 115 Å². The molecule has 1 N–H and O–H groups in total. The lowest BCUT2D eigenvalue weighted by Gasteiger charge is -2.27. The molecule has 30 heavy (non-hydrogen) atoms. The Bertz CT molecular complexity index is 968. The number of hydrogen-bond donors (Lipinski definition) is 1. The van der Waals surface area contributed by atoms with Crippen molar-refractivity contribution >= 4 is 35.0 Å². The predicted molar refractivity (Wildman–Crippen MR) is 113 cm³/mol. The van der Waals surface area contributed by atoms with Gasteiger partial charge in [-0.2, -0.15) is 0 Å². The molecule has 1 saturated carbocycles. The van der Waals surface area contributed by atoms with E-state index in [1.165, 1.54) is 17.8 Å². The number of carbonyl (C=O) groups excluding carboxylic acids is 1. The second-order valence-corrected chi connectivity index (χ2v) is 8.42. The SMILES string of the molecule is Cc1ccc([N+](=O)[O-])c(NC(=O)CSc2nnc(N3CCOCC3)n2C2CC2)c1C. The number of morpholine rings is 1. The first-order valence-electron chi connectivity index (χ1n) is 9.90. The molecule has 1 aliphatic carbocycles. The molecule has 10 nitrogen and oxygen atoms in total. The zero-order valence-electron chi connectivity index (χ0n) is 17.0. The van der Waals surface area contributed by atoms with Gasteiger partial charge in [0.25, 0.3) is 5.69 Å². The highest BCUT2D eigenvalue weighted by Crippen LogP contribution is 2.41. The molecular formula is C19H24N6O4S. The molecule has 0 unspecified atom stereocenters. The van der Waals surface area contributed by atoms with E-state index in [9.17, 15) is 14.9 Å². The highest BCUT2D eigenvalue weighted by Gasteiger charge is 2.32. The molecule has 2 heterocycles. The van der Waals surface area contributed by atoms with Gasteiger partial charge in [-0.3, -0.25) is 19.5 Å². The lowest BCUT2D eigenvalue weighted by Crippen LogP contribution is -2.38. The van der Waals surface area contributed by atoms with Crippen molar-refractivity contribution in [1.82, 2.24) is 14.8 Å². The van der Waals surface area contributed by atoms with Gasteiger partial charge in [-0.15, -0.1) is 10.2 Å². The van der Waals surface area contributed by atoms with Crippen LogP contribution in [0, 0.1) is 24.0 Å². The van der Waals surface area contributed by atoms with Gasteiger partial charge < -0.3 is 15.0 Å². The predicted octanol–water partition coefficient (Wildman–Crippen LogP) is 2.71. The van der Waals surface area contributed by atoms with Crippen molar-refractivity contribution in [1.29, 1.82) is 0 Å². The summed E-state index contributed by atoms with van der Waals surface area (Å²) in [7, 11) is 0. The average Bonchev–Trinajstić information content (AvgIpc) is 3.49. The Labute approximate surface area is 178 Å². The molecule has 2 aromatic rings. The van der Waals surface area contributed by atoms with Crippen LogP contribution in [0.4, 0.5) is 17.3 Å². The molecular weight excluding hydrogens is 408 g/mol. The number of nitro benzene ring substituents is 1. The molecule has 0 bridgehead atoms. The standard InChI is InChI=1S/C19H24N6O4S/c1-12-3-6-15(25(27)28)17(13(12)2)20-16(26)11-30-19-22-21-18(24(19)14-4-5-14)23-7-9-29-10-8-23/h3,6,14H,4-5,7-11H2,1-2H3,(H,20,26). The van der Waals surface area contributed by atoms with Crippen LogP contribution in [-0.4, -0.2) is 57.7 Å². The van der Waals surface area contributed by atoms with Crippen LogP contribution in [-0.2, 0) is 9.53 Å². The number of nitrogens with one attached hydrogen (secondary N) is 1. The minimum atomic E-state index is -0.479. The molecule has 0 atom stereocenters. The van der Waals surface area contributed by atoms with E-state index < -0.39 is 4.92 Å². The Hall–Kier alpha value is -2.66. The third kappa shape index (κ3) is 4.26. The van der Waals surface area contributed by atoms with Crippen LogP contribution in [0.1, 0.15) is 30.0 Å². The smallest absolute Gasteiger partial charge is 0.293 e. The number of ether oxygens (including phenoxy) is 1. The largest absolute Gasteiger partial charge is 0.378 e. The summed E-state index contributed by atoms with van der Waals surface area (Å²) in [6.07, 6.45) is 2.15. The van der Waals surface area contributed by atoms with Gasteiger partial charge in [-0.25, -0.2) is 0 Å². The summed E-state index contributed by atoms with van der Waals surface area (Å²) in [6.45, 7) is 6.49. The van der Waals surface area contributed by atoms with E-state index in [1.54, 1.807) is 13.0 Å². The van der Waals surface area contributed by atoms with Gasteiger partial charge in [0.05, 0.1) is 23.9 Å². The number of anilines is 2. The molecule has 1 aromatic heterocycles. The number of benzene rings is 1. The van der Waals surface area contributed by atoms with E-state index in [2.05, 4.69) is 25.0 Å². The molecule has 1 aromatic carbocycles. The number of rotatable bonds is 7. The lowest BCUT2D eigenvalue weighted by atomic mass is 10.1. The van der Waals surface area contributed by atoms with E-state index in [1.807, 2.05) is 6.92 Å². The molecule has 11 heteroatoms. The molecule has 160 valence electrons. The number of aromatic nitrogens is 3. The maximum Gasteiger partial charge on any atom is 0.293 e. The molecule has 1 aliphatic heterocycles. The number of nitro groups is 1. The van der Waals surface area contributed by atoms with Gasteiger partial charge in [0.1, 0.15) is 5.69 Å². The molecule has 4 rings (SSSR count). The summed E-state index contributed by atoms with van der Waals surface area (Å²) in [4.78, 5) is 25.6. The third-order valence-electron chi connectivity index (χ3n) is 5.36. The first-order chi connectivity index (χ1) is 14.5. The minimum absolute atomic E-state index is 0.0957. The molecule has 0 radical (unpaired) electrons. The maximum absolute atomic E-state index is 12.6. The Kier molecular flexibility index (Phi) is 5.91. The molecule has 2 aliphatic rings. The van der Waals surface area contributed by atoms with E-state index >= 15 is 0 Å². The molecule has 1 saturated heterocycles. The van der Waals surface area contributed by atoms with Crippen molar-refractivity contribution < 1.29 is 14.5 Å². The molecule has 0 spiro atoms. The number of hydrogen-bond acceptors (Lipinski definition) is 8. The van der Waals surface area contributed by atoms with Gasteiger partial charge in [0.2, 0.25) is 11.9 Å². The van der Waals surface area contributed by atoms with Crippen LogP contribution < -0.4 is 10.2 Å². The summed E-state index contributed by atoms with van der Waals surface area (Å²) < 4.78 is 7.53. The zero-order chi connectivity index (χ0) is 21.3. The average molecular weight is 433 g/mol. The Morgan fingerprint density at radius 2 is 2.03 bits per heavy atom. The fourth-order valence-corrected chi connectivity index (χ4v) is 4.22. The summed E-state index contributed by atoms with van der Waals surface area (Å²) in [5.74, 6) is 0.613. The lowest BCUT2D eigenvalue weighted by molar-refractivity contribution is -0.384. The highest BCUT2D eigenvalue weighted by atomic mass is 32.2. The molecule has 2 fully saturated rings. The summed E-state index contributed by atoms with van der Waals surface area (Å²) >= 11 is 1.30. The van der Waals surface area contributed by atoms with E-state index in [0.29, 0.717) is 30.0 Å². The van der Waals surface area contributed by atoms with Crippen LogP contribution in [0.25, 0.3) is 0 Å². The Morgan fingerprint density at radius 3 is 2.70 bits per heavy atom. The van der Waals surface area contributed by atoms with Gasteiger partial charge in [-0.1, -0.05) is 17.8 Å². The van der Waals surface area contributed by atoms with Crippen molar-refractivity contribution in [3.63, 3.8) is 0 Å². The number of carbonyl (C=O) groups is 1. The van der Waals surface area contributed by atoms with Crippen molar-refractivity contribution in [2.75, 3.05) is 42.3 Å². The van der Waals surface area contributed by atoms with Gasteiger partial charge in [0, 0.05) is 25.2 Å². The van der Waals surface area contributed by atoms with Gasteiger partial charge >= 0.3 is 0 Å². The Balaban J connectivity index is 1.47. The van der Waals surface area contributed by atoms with Crippen molar-refractivity contribution in [2.45, 2.75) is 37.9 Å². The minimum Gasteiger partial charge on any atom is -0.378 e. The normalized spacial score (nSPS) is 16.5. The number of nitrogens with zero attached hydrogens (tertiary/aromatic N) is 5. The summed E-state index contributed by atoms with van der Waals surface area (Å²) in [5.41, 5.74) is 1.72. The van der Waals surface area contributed by atoms with Crippen molar-refractivity contribution in [3.05, 3.63) is 33.4 Å². The monoisotopic (exact) mass is 432 g/mol. The van der Waals surface area contributed by atoms with Crippen LogP contribution in [0.15, 0.2) is 17.3 Å². The van der Waals surface area contributed by atoms with Crippen molar-refractivity contribution in [2.24, 2.45) is 0 Å².